The smallest absolute Gasteiger partial charge is 0.227 e. The Kier molecular flexibility index (Phi) is 8.17. The molecule has 1 aliphatic carbocycles. The number of hydrogen-bond acceptors (Lipinski definition) is 5. The zero-order chi connectivity index (χ0) is 26.3. The van der Waals surface area contributed by atoms with Crippen molar-refractivity contribution >= 4 is 28.6 Å². The van der Waals surface area contributed by atoms with Gasteiger partial charge in [-0.1, -0.05) is 72.8 Å². The van der Waals surface area contributed by atoms with Crippen LogP contribution in [0.3, 0.4) is 0 Å². The van der Waals surface area contributed by atoms with Crippen molar-refractivity contribution in [3.63, 3.8) is 0 Å². The molecule has 4 aromatic rings. The highest BCUT2D eigenvalue weighted by Crippen LogP contribution is 2.29. The molecule has 1 aromatic heterocycles. The molecule has 1 fully saturated rings. The molecule has 2 N–H and O–H groups in total. The van der Waals surface area contributed by atoms with Crippen LogP contribution in [0.15, 0.2) is 84.9 Å². The van der Waals surface area contributed by atoms with Crippen LogP contribution in [0, 0.1) is 5.92 Å². The number of aromatic nitrogens is 2. The third kappa shape index (κ3) is 6.31. The first-order valence-corrected chi connectivity index (χ1v) is 13.6. The fourth-order valence-corrected chi connectivity index (χ4v) is 5.42. The van der Waals surface area contributed by atoms with Gasteiger partial charge in [-0.3, -0.25) is 4.79 Å². The largest absolute Gasteiger partial charge is 0.362 e. The Morgan fingerprint density at radius 3 is 2.24 bits per heavy atom. The molecule has 0 bridgehead atoms. The van der Waals surface area contributed by atoms with Crippen LogP contribution in [0.1, 0.15) is 42.7 Å². The van der Waals surface area contributed by atoms with Gasteiger partial charge in [0.15, 0.2) is 0 Å². The molecular weight excluding hydrogens is 470 g/mol. The Bertz CT molecular complexity index is 1330. The maximum Gasteiger partial charge on any atom is 0.227 e. The van der Waals surface area contributed by atoms with Crippen LogP contribution in [-0.2, 0) is 11.2 Å². The average molecular weight is 508 g/mol. The molecule has 1 heterocycles. The Morgan fingerprint density at radius 1 is 0.868 bits per heavy atom. The topological polar surface area (TPSA) is 70.2 Å². The summed E-state index contributed by atoms with van der Waals surface area (Å²) < 4.78 is 0. The maximum absolute atomic E-state index is 13.3. The van der Waals surface area contributed by atoms with Gasteiger partial charge < -0.3 is 15.5 Å². The van der Waals surface area contributed by atoms with E-state index in [0.29, 0.717) is 24.3 Å². The number of benzene rings is 3. The third-order valence-corrected chi connectivity index (χ3v) is 7.55. The van der Waals surface area contributed by atoms with Gasteiger partial charge in [0.2, 0.25) is 11.9 Å². The van der Waals surface area contributed by atoms with Gasteiger partial charge in [-0.25, -0.2) is 4.98 Å². The molecule has 1 saturated carbocycles. The van der Waals surface area contributed by atoms with E-state index in [1.807, 2.05) is 73.6 Å². The molecule has 0 spiro atoms. The molecule has 5 rings (SSSR count). The van der Waals surface area contributed by atoms with Gasteiger partial charge in [0.05, 0.1) is 11.4 Å². The van der Waals surface area contributed by atoms with Crippen molar-refractivity contribution in [1.82, 2.24) is 15.3 Å². The molecule has 1 amide bonds. The molecule has 6 heteroatoms. The summed E-state index contributed by atoms with van der Waals surface area (Å²) >= 11 is 0. The average Bonchev–Trinajstić information content (AvgIpc) is 2.96. The van der Waals surface area contributed by atoms with Crippen molar-refractivity contribution in [3.05, 3.63) is 96.1 Å². The molecule has 196 valence electrons. The van der Waals surface area contributed by atoms with Crippen LogP contribution in [0.2, 0.25) is 0 Å². The lowest BCUT2D eigenvalue weighted by atomic mass is 9.85. The Hall–Kier alpha value is -3.93. The SMILES string of the molecule is CN(C)c1nc(N[C@H]2CC[C@@H](CNC(=O)C(Cc3ccccc3)c3ccccc3)CC2)nc2ccccc12. The number of nitrogens with zero attached hydrogens (tertiary/aromatic N) is 3. The second-order valence-corrected chi connectivity index (χ2v) is 10.5. The van der Waals surface area contributed by atoms with Gasteiger partial charge in [-0.2, -0.15) is 4.98 Å². The zero-order valence-electron chi connectivity index (χ0n) is 22.3. The molecule has 38 heavy (non-hydrogen) atoms. The number of fused-ring (bicyclic) bond motifs is 1. The van der Waals surface area contributed by atoms with Crippen molar-refractivity contribution in [3.8, 4) is 0 Å². The third-order valence-electron chi connectivity index (χ3n) is 7.55. The first kappa shape index (κ1) is 25.7. The van der Waals surface area contributed by atoms with Gasteiger partial charge in [-0.05, 0) is 61.3 Å². The van der Waals surface area contributed by atoms with E-state index >= 15 is 0 Å². The van der Waals surface area contributed by atoms with Crippen molar-refractivity contribution < 1.29 is 4.79 Å². The van der Waals surface area contributed by atoms with Crippen LogP contribution in [0.25, 0.3) is 10.9 Å². The van der Waals surface area contributed by atoms with E-state index in [4.69, 9.17) is 9.97 Å². The van der Waals surface area contributed by atoms with Crippen LogP contribution in [-0.4, -0.2) is 42.6 Å². The quantitative estimate of drug-likeness (QED) is 0.299. The predicted octanol–water partition coefficient (Wildman–Crippen LogP) is 5.81. The minimum absolute atomic E-state index is 0.112. The van der Waals surface area contributed by atoms with E-state index in [2.05, 4.69) is 41.0 Å². The number of nitrogens with one attached hydrogen (secondary N) is 2. The van der Waals surface area contributed by atoms with Crippen LogP contribution < -0.4 is 15.5 Å². The predicted molar refractivity (Wildman–Crippen MR) is 156 cm³/mol. The fraction of sp³-hybridized carbons (Fsp3) is 0.344. The fourth-order valence-electron chi connectivity index (χ4n) is 5.42. The summed E-state index contributed by atoms with van der Waals surface area (Å²) in [5.74, 6) is 2.03. The lowest BCUT2D eigenvalue weighted by molar-refractivity contribution is -0.122. The maximum atomic E-state index is 13.3. The minimum Gasteiger partial charge on any atom is -0.362 e. The molecule has 1 unspecified atom stereocenters. The van der Waals surface area contributed by atoms with E-state index < -0.39 is 0 Å². The summed E-state index contributed by atoms with van der Waals surface area (Å²) in [6, 6.07) is 28.9. The number of hydrogen-bond donors (Lipinski definition) is 2. The summed E-state index contributed by atoms with van der Waals surface area (Å²) in [7, 11) is 4.03. The first-order valence-electron chi connectivity index (χ1n) is 13.6. The second kappa shape index (κ2) is 12.1. The van der Waals surface area contributed by atoms with Crippen LogP contribution in [0.5, 0.6) is 0 Å². The Morgan fingerprint density at radius 2 is 1.53 bits per heavy atom. The van der Waals surface area contributed by atoms with E-state index in [1.165, 1.54) is 5.56 Å². The van der Waals surface area contributed by atoms with Crippen LogP contribution in [0.4, 0.5) is 11.8 Å². The number of para-hydroxylation sites is 1. The molecule has 1 atom stereocenters. The summed E-state index contributed by atoms with van der Waals surface area (Å²) in [5.41, 5.74) is 3.19. The molecule has 3 aromatic carbocycles. The van der Waals surface area contributed by atoms with Crippen molar-refractivity contribution in [2.24, 2.45) is 5.92 Å². The molecule has 6 nitrogen and oxygen atoms in total. The Balaban J connectivity index is 1.16. The van der Waals surface area contributed by atoms with Gasteiger partial charge in [0, 0.05) is 32.1 Å². The zero-order valence-corrected chi connectivity index (χ0v) is 22.3. The number of carbonyl (C=O) groups is 1. The van der Waals surface area contributed by atoms with Crippen molar-refractivity contribution in [2.45, 2.75) is 44.1 Å². The highest BCUT2D eigenvalue weighted by atomic mass is 16.1. The van der Waals surface area contributed by atoms with Gasteiger partial charge in [0.1, 0.15) is 5.82 Å². The number of amides is 1. The van der Waals surface area contributed by atoms with Crippen molar-refractivity contribution in [2.75, 3.05) is 30.9 Å². The molecule has 0 aliphatic heterocycles. The van der Waals surface area contributed by atoms with E-state index in [1.54, 1.807) is 0 Å². The van der Waals surface area contributed by atoms with E-state index in [9.17, 15) is 4.79 Å². The van der Waals surface area contributed by atoms with Crippen molar-refractivity contribution in [1.29, 1.82) is 0 Å². The summed E-state index contributed by atoms with van der Waals surface area (Å²) in [5, 5.41) is 7.93. The highest BCUT2D eigenvalue weighted by molar-refractivity contribution is 5.90. The van der Waals surface area contributed by atoms with E-state index in [0.717, 1.165) is 54.5 Å². The summed E-state index contributed by atoms with van der Waals surface area (Å²) in [4.78, 5) is 25.0. The standard InChI is InChI=1S/C32H37N5O/c1-37(2)30-27-15-9-10-16-29(27)35-32(36-30)34-26-19-17-24(18-20-26)22-33-31(38)28(25-13-7-4-8-14-25)21-23-11-5-3-6-12-23/h3-16,24,26,28H,17-22H2,1-2H3,(H,33,38)(H,34,35,36)/t24-,26+,28?. The normalized spacial score (nSPS) is 18.1. The lowest BCUT2D eigenvalue weighted by Crippen LogP contribution is -2.37. The molecular formula is C32H37N5O. The van der Waals surface area contributed by atoms with Gasteiger partial charge >= 0.3 is 0 Å². The van der Waals surface area contributed by atoms with E-state index in [-0.39, 0.29) is 11.8 Å². The Labute approximate surface area is 225 Å². The second-order valence-electron chi connectivity index (χ2n) is 10.5. The molecule has 0 saturated heterocycles. The highest BCUT2D eigenvalue weighted by Gasteiger charge is 2.25. The first-order chi connectivity index (χ1) is 18.6. The molecule has 1 aliphatic rings. The monoisotopic (exact) mass is 507 g/mol. The number of rotatable bonds is 9. The minimum atomic E-state index is -0.187. The van der Waals surface area contributed by atoms with Gasteiger partial charge in [-0.15, -0.1) is 0 Å². The number of anilines is 2. The van der Waals surface area contributed by atoms with Gasteiger partial charge in [0.25, 0.3) is 0 Å². The van der Waals surface area contributed by atoms with Crippen LogP contribution >= 0.6 is 0 Å². The molecule has 0 radical (unpaired) electrons. The summed E-state index contributed by atoms with van der Waals surface area (Å²) in [6.45, 7) is 0.723. The summed E-state index contributed by atoms with van der Waals surface area (Å²) in [6.07, 6.45) is 4.93. The lowest BCUT2D eigenvalue weighted by Gasteiger charge is -2.30. The number of carbonyl (C=O) groups excluding carboxylic acids is 1.